The van der Waals surface area contributed by atoms with E-state index in [2.05, 4.69) is 21.5 Å². The Morgan fingerprint density at radius 3 is 2.93 bits per heavy atom. The van der Waals surface area contributed by atoms with Crippen LogP contribution in [-0.2, 0) is 6.54 Å². The molecule has 4 nitrogen and oxygen atoms in total. The Balaban J connectivity index is 2.40. The fourth-order valence-corrected chi connectivity index (χ4v) is 1.58. The molecule has 2 aromatic heterocycles. The number of aromatic nitrogens is 3. The predicted molar refractivity (Wildman–Crippen MR) is 60.2 cm³/mol. The molecule has 2 heterocycles. The summed E-state index contributed by atoms with van der Waals surface area (Å²) in [6.45, 7) is 3.11. The van der Waals surface area contributed by atoms with Crippen LogP contribution in [0.2, 0.25) is 0 Å². The standard InChI is InChI=1S/C11H14N4/c1-2-6-15-7-5-14-11(15)9-3-4-13-10(12)8-9/h3-5,7-8H,2,6H2,1H3,(H2,12,13). The Morgan fingerprint density at radius 1 is 1.33 bits per heavy atom. The number of nitrogens with zero attached hydrogens (tertiary/aromatic N) is 3. The molecule has 15 heavy (non-hydrogen) atoms. The molecule has 0 saturated heterocycles. The molecular weight excluding hydrogens is 188 g/mol. The van der Waals surface area contributed by atoms with Gasteiger partial charge in [0.1, 0.15) is 11.6 Å². The molecule has 0 spiro atoms. The van der Waals surface area contributed by atoms with Crippen LogP contribution in [-0.4, -0.2) is 14.5 Å². The molecule has 0 radical (unpaired) electrons. The highest BCUT2D eigenvalue weighted by Crippen LogP contribution is 2.18. The van der Waals surface area contributed by atoms with E-state index in [1.165, 1.54) is 0 Å². The van der Waals surface area contributed by atoms with Crippen molar-refractivity contribution in [2.45, 2.75) is 19.9 Å². The molecule has 0 aliphatic carbocycles. The Kier molecular flexibility index (Phi) is 2.67. The molecule has 0 atom stereocenters. The Bertz CT molecular complexity index is 447. The Labute approximate surface area is 88.8 Å². The maximum Gasteiger partial charge on any atom is 0.140 e. The molecule has 78 valence electrons. The van der Waals surface area contributed by atoms with Crippen molar-refractivity contribution in [3.05, 3.63) is 30.7 Å². The summed E-state index contributed by atoms with van der Waals surface area (Å²) in [5, 5.41) is 0. The van der Waals surface area contributed by atoms with Crippen molar-refractivity contribution in [3.63, 3.8) is 0 Å². The topological polar surface area (TPSA) is 56.7 Å². The van der Waals surface area contributed by atoms with Crippen molar-refractivity contribution < 1.29 is 0 Å². The van der Waals surface area contributed by atoms with Gasteiger partial charge in [-0.25, -0.2) is 9.97 Å². The van der Waals surface area contributed by atoms with Gasteiger partial charge in [-0.2, -0.15) is 0 Å². The van der Waals surface area contributed by atoms with Crippen molar-refractivity contribution in [2.24, 2.45) is 0 Å². The minimum atomic E-state index is 0.526. The van der Waals surface area contributed by atoms with Gasteiger partial charge in [0.15, 0.2) is 0 Å². The van der Waals surface area contributed by atoms with Crippen molar-refractivity contribution in [2.75, 3.05) is 5.73 Å². The van der Waals surface area contributed by atoms with Gasteiger partial charge in [-0.05, 0) is 18.6 Å². The fraction of sp³-hybridized carbons (Fsp3) is 0.273. The van der Waals surface area contributed by atoms with Crippen molar-refractivity contribution in [3.8, 4) is 11.4 Å². The monoisotopic (exact) mass is 202 g/mol. The normalized spacial score (nSPS) is 10.5. The largest absolute Gasteiger partial charge is 0.384 e. The van der Waals surface area contributed by atoms with Gasteiger partial charge in [0, 0.05) is 30.7 Å². The van der Waals surface area contributed by atoms with Gasteiger partial charge in [-0.1, -0.05) is 6.92 Å². The van der Waals surface area contributed by atoms with Gasteiger partial charge in [0.25, 0.3) is 0 Å². The summed E-state index contributed by atoms with van der Waals surface area (Å²) >= 11 is 0. The van der Waals surface area contributed by atoms with Crippen LogP contribution in [0.5, 0.6) is 0 Å². The van der Waals surface area contributed by atoms with E-state index < -0.39 is 0 Å². The molecular formula is C11H14N4. The first-order valence-electron chi connectivity index (χ1n) is 5.04. The molecule has 0 unspecified atom stereocenters. The van der Waals surface area contributed by atoms with Gasteiger partial charge < -0.3 is 10.3 Å². The molecule has 2 aromatic rings. The smallest absolute Gasteiger partial charge is 0.140 e. The number of nitrogen functional groups attached to an aromatic ring is 1. The van der Waals surface area contributed by atoms with Crippen molar-refractivity contribution >= 4 is 5.82 Å². The summed E-state index contributed by atoms with van der Waals surface area (Å²) in [6.07, 6.45) is 6.58. The number of nitrogens with two attached hydrogens (primary N) is 1. The van der Waals surface area contributed by atoms with Gasteiger partial charge in [-0.3, -0.25) is 0 Å². The van der Waals surface area contributed by atoms with Gasteiger partial charge in [0.2, 0.25) is 0 Å². The van der Waals surface area contributed by atoms with E-state index in [1.807, 2.05) is 24.5 Å². The van der Waals surface area contributed by atoms with Gasteiger partial charge in [0.05, 0.1) is 0 Å². The number of aryl methyl sites for hydroxylation is 1. The second kappa shape index (κ2) is 4.13. The third-order valence-corrected chi connectivity index (χ3v) is 2.22. The first-order chi connectivity index (χ1) is 7.31. The molecule has 0 aliphatic heterocycles. The van der Waals surface area contributed by atoms with Crippen LogP contribution >= 0.6 is 0 Å². The second-order valence-corrected chi connectivity index (χ2v) is 3.41. The van der Waals surface area contributed by atoms with Crippen LogP contribution in [0.4, 0.5) is 5.82 Å². The second-order valence-electron chi connectivity index (χ2n) is 3.41. The fourth-order valence-electron chi connectivity index (χ4n) is 1.58. The van der Waals surface area contributed by atoms with Crippen molar-refractivity contribution in [1.29, 1.82) is 0 Å². The lowest BCUT2D eigenvalue weighted by Gasteiger charge is -2.06. The predicted octanol–water partition coefficient (Wildman–Crippen LogP) is 1.94. The highest BCUT2D eigenvalue weighted by atomic mass is 15.1. The van der Waals surface area contributed by atoms with E-state index in [4.69, 9.17) is 5.73 Å². The number of hydrogen-bond donors (Lipinski definition) is 1. The number of imidazole rings is 1. The molecule has 2 N–H and O–H groups in total. The maximum atomic E-state index is 5.64. The molecule has 4 heteroatoms. The summed E-state index contributed by atoms with van der Waals surface area (Å²) in [4.78, 5) is 8.29. The lowest BCUT2D eigenvalue weighted by atomic mass is 10.2. The van der Waals surface area contributed by atoms with Crippen LogP contribution < -0.4 is 5.73 Å². The third kappa shape index (κ3) is 1.98. The molecule has 0 aromatic carbocycles. The van der Waals surface area contributed by atoms with Crippen LogP contribution in [0.3, 0.4) is 0 Å². The third-order valence-electron chi connectivity index (χ3n) is 2.22. The quantitative estimate of drug-likeness (QED) is 0.827. The van der Waals surface area contributed by atoms with Gasteiger partial charge >= 0.3 is 0 Å². The average molecular weight is 202 g/mol. The molecule has 0 amide bonds. The van der Waals surface area contributed by atoms with Gasteiger partial charge in [-0.15, -0.1) is 0 Å². The van der Waals surface area contributed by atoms with Crippen LogP contribution in [0, 0.1) is 0 Å². The molecule has 2 rings (SSSR count). The van der Waals surface area contributed by atoms with E-state index in [0.717, 1.165) is 24.4 Å². The van der Waals surface area contributed by atoms with E-state index in [1.54, 1.807) is 6.20 Å². The highest BCUT2D eigenvalue weighted by molar-refractivity contribution is 5.58. The van der Waals surface area contributed by atoms with Crippen LogP contribution in [0.1, 0.15) is 13.3 Å². The van der Waals surface area contributed by atoms with Crippen LogP contribution in [0.15, 0.2) is 30.7 Å². The minimum absolute atomic E-state index is 0.526. The van der Waals surface area contributed by atoms with Crippen molar-refractivity contribution in [1.82, 2.24) is 14.5 Å². The first kappa shape index (κ1) is 9.71. The average Bonchev–Trinajstić information content (AvgIpc) is 2.66. The zero-order valence-corrected chi connectivity index (χ0v) is 8.72. The van der Waals surface area contributed by atoms with E-state index >= 15 is 0 Å². The Hall–Kier alpha value is -1.84. The van der Waals surface area contributed by atoms with Crippen LogP contribution in [0.25, 0.3) is 11.4 Å². The maximum absolute atomic E-state index is 5.64. The summed E-state index contributed by atoms with van der Waals surface area (Å²) in [5.74, 6) is 1.48. The lowest BCUT2D eigenvalue weighted by molar-refractivity contribution is 0.685. The summed E-state index contributed by atoms with van der Waals surface area (Å²) < 4.78 is 2.12. The number of rotatable bonds is 3. The number of pyridine rings is 1. The zero-order chi connectivity index (χ0) is 10.7. The summed E-state index contributed by atoms with van der Waals surface area (Å²) in [7, 11) is 0. The number of anilines is 1. The lowest BCUT2D eigenvalue weighted by Crippen LogP contribution is -1.99. The minimum Gasteiger partial charge on any atom is -0.384 e. The summed E-state index contributed by atoms with van der Waals surface area (Å²) in [6, 6.07) is 3.76. The zero-order valence-electron chi connectivity index (χ0n) is 8.72. The molecule has 0 fully saturated rings. The number of hydrogen-bond acceptors (Lipinski definition) is 3. The Morgan fingerprint density at radius 2 is 2.20 bits per heavy atom. The summed E-state index contributed by atoms with van der Waals surface area (Å²) in [5.41, 5.74) is 6.66. The van der Waals surface area contributed by atoms with E-state index in [-0.39, 0.29) is 0 Å². The molecule has 0 saturated carbocycles. The first-order valence-corrected chi connectivity index (χ1v) is 5.04. The molecule has 0 bridgehead atoms. The molecule has 0 aliphatic rings. The SMILES string of the molecule is CCCn1ccnc1-c1ccnc(N)c1. The van der Waals surface area contributed by atoms with E-state index in [0.29, 0.717) is 5.82 Å². The van der Waals surface area contributed by atoms with E-state index in [9.17, 15) is 0 Å². The highest BCUT2D eigenvalue weighted by Gasteiger charge is 2.05.